The van der Waals surface area contributed by atoms with Crippen LogP contribution in [0.3, 0.4) is 0 Å². The molecule has 264 valence electrons. The highest BCUT2D eigenvalue weighted by Crippen LogP contribution is 2.35. The molecule has 0 unspecified atom stereocenters. The van der Waals surface area contributed by atoms with Crippen molar-refractivity contribution < 1.29 is 17.6 Å². The molecule has 12 heteroatoms. The zero-order valence-corrected chi connectivity index (χ0v) is 30.6. The summed E-state index contributed by atoms with van der Waals surface area (Å²) in [5.74, 6) is 0.0691. The molecule has 3 saturated heterocycles. The van der Waals surface area contributed by atoms with Crippen LogP contribution in [0.15, 0.2) is 59.8 Å². The van der Waals surface area contributed by atoms with E-state index >= 15 is 0 Å². The molecular formula is C37H48ClFN6O3S. The van der Waals surface area contributed by atoms with Crippen molar-refractivity contribution in [3.8, 4) is 0 Å². The zero-order chi connectivity index (χ0) is 34.9. The summed E-state index contributed by atoms with van der Waals surface area (Å²) in [7, 11) is -3.63. The van der Waals surface area contributed by atoms with E-state index in [4.69, 9.17) is 11.6 Å². The van der Waals surface area contributed by atoms with Crippen LogP contribution in [0, 0.1) is 25.6 Å². The fraction of sp³-hybridized carbons (Fsp3) is 0.541. The second-order valence-corrected chi connectivity index (χ2v) is 16.7. The molecule has 1 amide bonds. The molecule has 3 aliphatic heterocycles. The maximum Gasteiger partial charge on any atom is 0.257 e. The lowest BCUT2D eigenvalue weighted by molar-refractivity contribution is -0.0412. The van der Waals surface area contributed by atoms with Crippen LogP contribution in [0.1, 0.15) is 66.8 Å². The molecule has 4 heterocycles. The highest BCUT2D eigenvalue weighted by molar-refractivity contribution is 7.89. The van der Waals surface area contributed by atoms with Gasteiger partial charge in [0.15, 0.2) is 0 Å². The minimum absolute atomic E-state index is 0.0130. The minimum atomic E-state index is -3.63. The number of nitrogens with zero attached hydrogens (tertiary/aromatic N) is 6. The molecule has 0 N–H and O–H groups in total. The molecule has 49 heavy (non-hydrogen) atoms. The van der Waals surface area contributed by atoms with Crippen LogP contribution < -0.4 is 0 Å². The normalized spacial score (nSPS) is 22.2. The predicted octanol–water partition coefficient (Wildman–Crippen LogP) is 5.60. The van der Waals surface area contributed by atoms with Crippen LogP contribution in [0.2, 0.25) is 5.02 Å². The van der Waals surface area contributed by atoms with Crippen LogP contribution in [-0.2, 0) is 16.4 Å². The zero-order valence-electron chi connectivity index (χ0n) is 29.0. The molecule has 9 nitrogen and oxygen atoms in total. The lowest BCUT2D eigenvalue weighted by Gasteiger charge is -2.54. The van der Waals surface area contributed by atoms with Crippen LogP contribution >= 0.6 is 11.6 Å². The van der Waals surface area contributed by atoms with Gasteiger partial charge in [-0.05, 0) is 102 Å². The number of aromatic nitrogens is 2. The number of carbonyl (C=O) groups excluding carboxylic acids is 1. The molecule has 1 aromatic heterocycles. The average Bonchev–Trinajstić information content (AvgIpc) is 3.08. The first-order valence-corrected chi connectivity index (χ1v) is 19.3. The Balaban J connectivity index is 1.12. The number of carbonyl (C=O) groups is 1. The molecule has 6 rings (SSSR count). The molecule has 0 bridgehead atoms. The summed E-state index contributed by atoms with van der Waals surface area (Å²) >= 11 is 6.13. The summed E-state index contributed by atoms with van der Waals surface area (Å²) in [5, 5.41) is 0.406. The Morgan fingerprint density at radius 1 is 0.980 bits per heavy atom. The monoisotopic (exact) mass is 710 g/mol. The first-order chi connectivity index (χ1) is 23.4. The quantitative estimate of drug-likeness (QED) is 0.301. The van der Waals surface area contributed by atoms with E-state index in [0.717, 1.165) is 68.7 Å². The number of piperazine rings is 1. The number of hydrogen-bond donors (Lipinski definition) is 0. The van der Waals surface area contributed by atoms with E-state index in [2.05, 4.69) is 33.6 Å². The van der Waals surface area contributed by atoms with Gasteiger partial charge in [0.1, 0.15) is 12.1 Å². The van der Waals surface area contributed by atoms with Crippen molar-refractivity contribution in [3.63, 3.8) is 0 Å². The molecule has 3 aromatic rings. The van der Waals surface area contributed by atoms with Crippen molar-refractivity contribution in [2.45, 2.75) is 82.3 Å². The molecule has 2 aromatic carbocycles. The highest BCUT2D eigenvalue weighted by Gasteiger charge is 2.43. The van der Waals surface area contributed by atoms with Gasteiger partial charge in [-0.25, -0.2) is 22.8 Å². The number of halogens is 2. The van der Waals surface area contributed by atoms with Gasteiger partial charge in [0.25, 0.3) is 5.91 Å². The Labute approximate surface area is 295 Å². The maximum atomic E-state index is 13.8. The van der Waals surface area contributed by atoms with E-state index in [1.807, 2.05) is 30.9 Å². The van der Waals surface area contributed by atoms with Gasteiger partial charge in [-0.2, -0.15) is 4.31 Å². The van der Waals surface area contributed by atoms with E-state index in [1.165, 1.54) is 24.5 Å². The number of piperidine rings is 2. The minimum Gasteiger partial charge on any atom is -0.338 e. The number of benzene rings is 2. The number of likely N-dealkylation sites (tertiary alicyclic amines) is 1. The number of sulfonamides is 1. The van der Waals surface area contributed by atoms with Crippen molar-refractivity contribution in [3.05, 3.63) is 88.2 Å². The van der Waals surface area contributed by atoms with Crippen LogP contribution in [-0.4, -0.2) is 107 Å². The largest absolute Gasteiger partial charge is 0.338 e. The molecule has 3 aliphatic rings. The van der Waals surface area contributed by atoms with Crippen LogP contribution in [0.5, 0.6) is 0 Å². The van der Waals surface area contributed by atoms with Crippen molar-refractivity contribution in [2.24, 2.45) is 5.92 Å². The van der Waals surface area contributed by atoms with Gasteiger partial charge in [-0.15, -0.1) is 0 Å². The van der Waals surface area contributed by atoms with Gasteiger partial charge in [-0.1, -0.05) is 29.8 Å². The SMILES string of the molecule is Cc1ncnc(C)c1C(=O)N1CCC(C)(N2CCN([C@@H](Cc3ccc(F)cc3)C3CCN(S(=O)(=O)c4cccc(Cl)c4)CC3)[C@@H](C)C2)CC1. The van der Waals surface area contributed by atoms with E-state index in [-0.39, 0.29) is 34.2 Å². The molecule has 0 spiro atoms. The van der Waals surface area contributed by atoms with Crippen molar-refractivity contribution in [1.29, 1.82) is 0 Å². The number of hydrogen-bond acceptors (Lipinski definition) is 7. The summed E-state index contributed by atoms with van der Waals surface area (Å²) < 4.78 is 42.4. The second-order valence-electron chi connectivity index (χ2n) is 14.3. The molecule has 3 fully saturated rings. The van der Waals surface area contributed by atoms with Gasteiger partial charge < -0.3 is 4.90 Å². The topological polar surface area (TPSA) is 90.0 Å². The number of aryl methyl sites for hydroxylation is 2. The van der Waals surface area contributed by atoms with Gasteiger partial charge in [0, 0.05) is 68.5 Å². The Hall–Kier alpha value is -2.96. The fourth-order valence-corrected chi connectivity index (χ4v) is 9.99. The summed E-state index contributed by atoms with van der Waals surface area (Å²) in [5.41, 5.74) is 3.14. The third kappa shape index (κ3) is 7.71. The molecular weight excluding hydrogens is 663 g/mol. The summed E-state index contributed by atoms with van der Waals surface area (Å²) in [6, 6.07) is 13.8. The Bertz CT molecular complexity index is 1720. The maximum absolute atomic E-state index is 13.8. The molecule has 0 radical (unpaired) electrons. The lowest BCUT2D eigenvalue weighted by atomic mass is 9.83. The first kappa shape index (κ1) is 35.9. The van der Waals surface area contributed by atoms with Gasteiger partial charge in [0.05, 0.1) is 21.8 Å². The van der Waals surface area contributed by atoms with Crippen LogP contribution in [0.25, 0.3) is 0 Å². The smallest absolute Gasteiger partial charge is 0.257 e. The van der Waals surface area contributed by atoms with Crippen molar-refractivity contribution >= 4 is 27.5 Å². The van der Waals surface area contributed by atoms with Crippen molar-refractivity contribution in [2.75, 3.05) is 45.8 Å². The van der Waals surface area contributed by atoms with E-state index in [9.17, 15) is 17.6 Å². The molecule has 0 aliphatic carbocycles. The Morgan fingerprint density at radius 2 is 1.63 bits per heavy atom. The highest BCUT2D eigenvalue weighted by atomic mass is 35.5. The van der Waals surface area contributed by atoms with Gasteiger partial charge in [-0.3, -0.25) is 14.6 Å². The standard InChI is InChI=1S/C37H48ClFN6O3S/c1-26-24-43(37(4)14-18-42(19-15-37)36(46)35-27(2)40-25-41-28(35)3)20-21-45(26)34(22-29-8-10-32(39)11-9-29)30-12-16-44(17-13-30)49(47,48)33-7-5-6-31(38)23-33/h5-11,23,25-26,30,34H,12-22,24H2,1-4H3/t26-,34-/m0/s1. The fourth-order valence-electron chi connectivity index (χ4n) is 8.22. The number of amides is 1. The van der Waals surface area contributed by atoms with E-state index < -0.39 is 10.0 Å². The van der Waals surface area contributed by atoms with E-state index in [0.29, 0.717) is 42.7 Å². The third-order valence-corrected chi connectivity index (χ3v) is 13.4. The number of rotatable bonds is 8. The average molecular weight is 711 g/mol. The van der Waals surface area contributed by atoms with Gasteiger partial charge >= 0.3 is 0 Å². The Morgan fingerprint density at radius 3 is 2.24 bits per heavy atom. The second kappa shape index (κ2) is 14.7. The lowest BCUT2D eigenvalue weighted by Crippen LogP contribution is -2.64. The molecule has 0 saturated carbocycles. The van der Waals surface area contributed by atoms with Gasteiger partial charge in [0.2, 0.25) is 10.0 Å². The third-order valence-electron chi connectivity index (χ3n) is 11.3. The first-order valence-electron chi connectivity index (χ1n) is 17.4. The van der Waals surface area contributed by atoms with Crippen LogP contribution in [0.4, 0.5) is 4.39 Å². The summed E-state index contributed by atoms with van der Waals surface area (Å²) in [6.45, 7) is 13.4. The predicted molar refractivity (Wildman–Crippen MR) is 190 cm³/mol. The van der Waals surface area contributed by atoms with Crippen molar-refractivity contribution in [1.82, 2.24) is 29.0 Å². The summed E-state index contributed by atoms with van der Waals surface area (Å²) in [6.07, 6.45) is 5.60. The summed E-state index contributed by atoms with van der Waals surface area (Å²) in [4.78, 5) is 29.4. The molecule has 2 atom stereocenters. The van der Waals surface area contributed by atoms with E-state index in [1.54, 1.807) is 22.5 Å². The Kier molecular flexibility index (Phi) is 10.8.